The van der Waals surface area contributed by atoms with Gasteiger partial charge in [-0.2, -0.15) is 18.2 Å². The third-order valence-corrected chi connectivity index (χ3v) is 1.50. The van der Waals surface area contributed by atoms with E-state index in [4.69, 9.17) is 4.52 Å². The van der Waals surface area contributed by atoms with Crippen molar-refractivity contribution in [3.05, 3.63) is 30.0 Å². The van der Waals surface area contributed by atoms with E-state index in [0.717, 1.165) is 16.7 Å². The van der Waals surface area contributed by atoms with Gasteiger partial charge in [-0.05, 0) is 6.92 Å². The smallest absolute Gasteiger partial charge is 0.419 e. The van der Waals surface area contributed by atoms with Crippen molar-refractivity contribution in [2.45, 2.75) is 20.8 Å². The molecule has 1 aromatic carbocycles. The maximum absolute atomic E-state index is 4.97. The maximum atomic E-state index is 4.97. The molecule has 0 saturated carbocycles. The number of rotatable bonds is 0. The van der Waals surface area contributed by atoms with E-state index >= 15 is 0 Å². The monoisotopic (exact) mass is 201 g/mol. The van der Waals surface area contributed by atoms with Gasteiger partial charge in [0.2, 0.25) is 0 Å². The van der Waals surface area contributed by atoms with Crippen LogP contribution in [0.5, 0.6) is 0 Å². The maximum Gasteiger partial charge on any atom is 1.00 e. The molecule has 0 aliphatic rings. The molecule has 0 saturated heterocycles. The minimum atomic E-state index is 0. The van der Waals surface area contributed by atoms with Gasteiger partial charge in [-0.15, -0.1) is 11.2 Å². The Morgan fingerprint density at radius 3 is 2.69 bits per heavy atom. The second kappa shape index (κ2) is 6.73. The molecule has 0 aliphatic carbocycles. The fraction of sp³-hybridized carbons (Fsp3) is 0.300. The van der Waals surface area contributed by atoms with E-state index in [1.54, 1.807) is 6.07 Å². The second-order valence-electron chi connectivity index (χ2n) is 2.19. The van der Waals surface area contributed by atoms with Crippen LogP contribution in [0.4, 0.5) is 0 Å². The molecule has 0 N–H and O–H groups in total. The van der Waals surface area contributed by atoms with E-state index in [1.165, 1.54) is 0 Å². The molecule has 0 spiro atoms. The number of hydrogen-bond acceptors (Lipinski definition) is 2. The van der Waals surface area contributed by atoms with Crippen LogP contribution < -0.4 is 51.4 Å². The SMILES string of the molecule is CC.Cc1noc2c[c-]ccc12.[K+]. The van der Waals surface area contributed by atoms with Crippen molar-refractivity contribution in [2.75, 3.05) is 0 Å². The molecule has 0 fully saturated rings. The zero-order chi connectivity index (χ0) is 8.97. The first-order valence-corrected chi connectivity index (χ1v) is 4.10. The number of aromatic nitrogens is 1. The number of hydrogen-bond donors (Lipinski definition) is 0. The van der Waals surface area contributed by atoms with Crippen molar-refractivity contribution in [2.24, 2.45) is 0 Å². The van der Waals surface area contributed by atoms with Gasteiger partial charge in [-0.1, -0.05) is 19.2 Å². The Morgan fingerprint density at radius 1 is 1.38 bits per heavy atom. The van der Waals surface area contributed by atoms with E-state index in [0.29, 0.717) is 0 Å². The summed E-state index contributed by atoms with van der Waals surface area (Å²) in [6, 6.07) is 8.50. The van der Waals surface area contributed by atoms with Gasteiger partial charge in [0.15, 0.2) is 0 Å². The Kier molecular flexibility index (Phi) is 6.90. The Morgan fingerprint density at radius 2 is 2.08 bits per heavy atom. The summed E-state index contributed by atoms with van der Waals surface area (Å²) in [4.78, 5) is 0. The zero-order valence-electron chi connectivity index (χ0n) is 8.59. The molecule has 2 aromatic rings. The Labute approximate surface area is 121 Å². The quantitative estimate of drug-likeness (QED) is 0.442. The average Bonchev–Trinajstić information content (AvgIpc) is 2.53. The average molecular weight is 201 g/mol. The minimum Gasteiger partial charge on any atom is -0.419 e. The number of benzene rings is 1. The molecular formula is C10H12KNO. The van der Waals surface area contributed by atoms with E-state index < -0.39 is 0 Å². The van der Waals surface area contributed by atoms with Crippen LogP contribution in [0.3, 0.4) is 0 Å². The molecule has 0 atom stereocenters. The molecule has 0 radical (unpaired) electrons. The van der Waals surface area contributed by atoms with Crippen molar-refractivity contribution in [1.29, 1.82) is 0 Å². The molecule has 1 aromatic heterocycles. The molecule has 2 rings (SSSR count). The zero-order valence-corrected chi connectivity index (χ0v) is 11.7. The van der Waals surface area contributed by atoms with E-state index in [1.807, 2.05) is 32.9 Å². The fourth-order valence-electron chi connectivity index (χ4n) is 0.956. The van der Waals surface area contributed by atoms with Crippen molar-refractivity contribution in [3.63, 3.8) is 0 Å². The van der Waals surface area contributed by atoms with Crippen LogP contribution in [0.1, 0.15) is 19.5 Å². The number of fused-ring (bicyclic) bond motifs is 1. The van der Waals surface area contributed by atoms with E-state index in [9.17, 15) is 0 Å². The normalized spacial score (nSPS) is 8.54. The molecule has 0 bridgehead atoms. The largest absolute Gasteiger partial charge is 1.00 e. The second-order valence-corrected chi connectivity index (χ2v) is 2.19. The van der Waals surface area contributed by atoms with Crippen molar-refractivity contribution < 1.29 is 55.9 Å². The molecule has 0 unspecified atom stereocenters. The molecule has 13 heavy (non-hydrogen) atoms. The van der Waals surface area contributed by atoms with Crippen LogP contribution in [0.15, 0.2) is 22.7 Å². The summed E-state index contributed by atoms with van der Waals surface area (Å²) < 4.78 is 4.97. The van der Waals surface area contributed by atoms with Gasteiger partial charge in [0.05, 0.1) is 11.3 Å². The van der Waals surface area contributed by atoms with Gasteiger partial charge < -0.3 is 4.52 Å². The van der Waals surface area contributed by atoms with Gasteiger partial charge in [0.25, 0.3) is 0 Å². The molecule has 0 amide bonds. The van der Waals surface area contributed by atoms with Gasteiger partial charge >= 0.3 is 51.4 Å². The number of nitrogens with zero attached hydrogens (tertiary/aromatic N) is 1. The van der Waals surface area contributed by atoms with Gasteiger partial charge in [-0.25, -0.2) is 0 Å². The van der Waals surface area contributed by atoms with Crippen LogP contribution >= 0.6 is 0 Å². The van der Waals surface area contributed by atoms with Crippen molar-refractivity contribution >= 4 is 11.0 Å². The van der Waals surface area contributed by atoms with Gasteiger partial charge in [-0.3, -0.25) is 0 Å². The summed E-state index contributed by atoms with van der Waals surface area (Å²) in [7, 11) is 0. The first kappa shape index (κ1) is 13.3. The topological polar surface area (TPSA) is 26.0 Å². The molecular weight excluding hydrogens is 189 g/mol. The number of aryl methyl sites for hydroxylation is 1. The Balaban J connectivity index is 0.000000451. The standard InChI is InChI=1S/C8H6NO.C2H6.K/c1-6-7-4-2-3-5-8(7)10-9-6;1-2;/h2,4-5H,1H3;1-2H3;/q-1;;+1. The van der Waals surface area contributed by atoms with Gasteiger partial charge in [0, 0.05) is 0 Å². The Hall–Kier alpha value is 0.326. The summed E-state index contributed by atoms with van der Waals surface area (Å²) in [6.45, 7) is 5.92. The predicted octanol–water partition coefficient (Wildman–Crippen LogP) is -0.0334. The summed E-state index contributed by atoms with van der Waals surface area (Å²) in [6.07, 6.45) is 0. The summed E-state index contributed by atoms with van der Waals surface area (Å²) in [5.41, 5.74) is 1.74. The Bertz CT molecular complexity index is 356. The third-order valence-electron chi connectivity index (χ3n) is 1.50. The first-order chi connectivity index (χ1) is 5.88. The third kappa shape index (κ3) is 3.18. The van der Waals surface area contributed by atoms with E-state index in [-0.39, 0.29) is 51.4 Å². The first-order valence-electron chi connectivity index (χ1n) is 4.10. The summed E-state index contributed by atoms with van der Waals surface area (Å²) in [5, 5.41) is 4.87. The molecule has 2 nitrogen and oxygen atoms in total. The summed E-state index contributed by atoms with van der Waals surface area (Å²) in [5.74, 6) is 0. The van der Waals surface area contributed by atoms with Crippen LogP contribution in [-0.2, 0) is 0 Å². The van der Waals surface area contributed by atoms with Gasteiger partial charge in [0.1, 0.15) is 0 Å². The van der Waals surface area contributed by atoms with Crippen molar-refractivity contribution in [3.8, 4) is 0 Å². The molecule has 3 heteroatoms. The fourth-order valence-corrected chi connectivity index (χ4v) is 0.956. The molecule has 1 heterocycles. The van der Waals surface area contributed by atoms with Crippen LogP contribution in [0.25, 0.3) is 11.0 Å². The van der Waals surface area contributed by atoms with Crippen LogP contribution in [0, 0.1) is 13.0 Å². The predicted molar refractivity (Wildman–Crippen MR) is 48.9 cm³/mol. The van der Waals surface area contributed by atoms with E-state index in [2.05, 4.69) is 11.2 Å². The van der Waals surface area contributed by atoms with Crippen LogP contribution in [-0.4, -0.2) is 5.16 Å². The summed E-state index contributed by atoms with van der Waals surface area (Å²) >= 11 is 0. The molecule has 64 valence electrons. The van der Waals surface area contributed by atoms with Crippen LogP contribution in [0.2, 0.25) is 0 Å². The van der Waals surface area contributed by atoms with Crippen molar-refractivity contribution in [1.82, 2.24) is 5.16 Å². The molecule has 0 aliphatic heterocycles. The minimum absolute atomic E-state index is 0.